The van der Waals surface area contributed by atoms with Crippen LogP contribution in [0.25, 0.3) is 0 Å². The third-order valence-corrected chi connectivity index (χ3v) is 3.35. The van der Waals surface area contributed by atoms with Crippen LogP contribution in [0.2, 0.25) is 10.0 Å². The Morgan fingerprint density at radius 1 is 1.33 bits per heavy atom. The van der Waals surface area contributed by atoms with Crippen LogP contribution in [0.3, 0.4) is 0 Å². The molecular formula is C12H14Cl2N2OS. The minimum atomic E-state index is -0.549. The van der Waals surface area contributed by atoms with E-state index in [-0.39, 0.29) is 16.8 Å². The van der Waals surface area contributed by atoms with Crippen molar-refractivity contribution in [1.82, 2.24) is 0 Å². The summed E-state index contributed by atoms with van der Waals surface area (Å²) >= 11 is 16.9. The van der Waals surface area contributed by atoms with Crippen molar-refractivity contribution in [3.05, 3.63) is 28.2 Å². The summed E-state index contributed by atoms with van der Waals surface area (Å²) in [4.78, 5) is 12.3. The fraction of sp³-hybridized carbons (Fsp3) is 0.333. The monoisotopic (exact) mass is 304 g/mol. The lowest BCUT2D eigenvalue weighted by Crippen LogP contribution is -2.36. The number of nitrogens with one attached hydrogen (secondary N) is 1. The first-order chi connectivity index (χ1) is 8.34. The molecule has 1 rings (SSSR count). The molecule has 0 aliphatic rings. The number of carbonyl (C=O) groups excluding carboxylic acids is 1. The van der Waals surface area contributed by atoms with E-state index in [9.17, 15) is 4.79 Å². The van der Waals surface area contributed by atoms with Gasteiger partial charge in [-0.05, 0) is 18.1 Å². The second-order valence-corrected chi connectivity index (χ2v) is 5.50. The summed E-state index contributed by atoms with van der Waals surface area (Å²) in [5.74, 6) is -0.844. The Bertz CT molecular complexity index is 457. The first-order valence-corrected chi connectivity index (χ1v) is 6.55. The third-order valence-electron chi connectivity index (χ3n) is 2.47. The summed E-state index contributed by atoms with van der Waals surface area (Å²) in [5.41, 5.74) is 5.96. The van der Waals surface area contributed by atoms with E-state index < -0.39 is 5.92 Å². The normalized spacial score (nSPS) is 12.3. The van der Waals surface area contributed by atoms with Crippen molar-refractivity contribution in [3.63, 3.8) is 0 Å². The zero-order chi connectivity index (χ0) is 13.9. The van der Waals surface area contributed by atoms with Gasteiger partial charge in [-0.3, -0.25) is 4.79 Å². The number of hydrogen-bond donors (Lipinski definition) is 2. The number of para-hydroxylation sites is 1. The minimum Gasteiger partial charge on any atom is -0.393 e. The molecule has 98 valence electrons. The van der Waals surface area contributed by atoms with Gasteiger partial charge in [0.2, 0.25) is 5.91 Å². The second kappa shape index (κ2) is 6.36. The van der Waals surface area contributed by atoms with E-state index in [1.165, 1.54) is 0 Å². The predicted molar refractivity (Wildman–Crippen MR) is 80.2 cm³/mol. The van der Waals surface area contributed by atoms with Gasteiger partial charge in [0.05, 0.1) is 26.6 Å². The number of carbonyl (C=O) groups is 1. The number of amides is 1. The van der Waals surface area contributed by atoms with Gasteiger partial charge in [-0.15, -0.1) is 0 Å². The van der Waals surface area contributed by atoms with Crippen LogP contribution in [0.5, 0.6) is 0 Å². The summed E-state index contributed by atoms with van der Waals surface area (Å²) in [6.07, 6.45) is 0. The van der Waals surface area contributed by atoms with Gasteiger partial charge in [-0.25, -0.2) is 0 Å². The molecule has 0 bridgehead atoms. The van der Waals surface area contributed by atoms with E-state index in [2.05, 4.69) is 5.32 Å². The number of halogens is 2. The number of hydrogen-bond acceptors (Lipinski definition) is 2. The Hall–Kier alpha value is -0.840. The molecule has 0 aliphatic heterocycles. The van der Waals surface area contributed by atoms with Crippen molar-refractivity contribution in [2.75, 3.05) is 5.32 Å². The Labute approximate surface area is 122 Å². The zero-order valence-electron chi connectivity index (χ0n) is 10.0. The molecule has 3 nitrogen and oxygen atoms in total. The molecule has 0 fully saturated rings. The van der Waals surface area contributed by atoms with E-state index >= 15 is 0 Å². The molecule has 1 atom stereocenters. The van der Waals surface area contributed by atoms with Crippen LogP contribution in [0.15, 0.2) is 18.2 Å². The van der Waals surface area contributed by atoms with Crippen LogP contribution in [-0.4, -0.2) is 10.9 Å². The quantitative estimate of drug-likeness (QED) is 0.837. The van der Waals surface area contributed by atoms with Crippen LogP contribution in [0.1, 0.15) is 13.8 Å². The largest absolute Gasteiger partial charge is 0.393 e. The smallest absolute Gasteiger partial charge is 0.234 e. The molecule has 0 spiro atoms. The molecule has 3 N–H and O–H groups in total. The average Bonchev–Trinajstić information content (AvgIpc) is 2.22. The molecule has 0 aliphatic carbocycles. The van der Waals surface area contributed by atoms with Crippen molar-refractivity contribution < 1.29 is 4.79 Å². The highest BCUT2D eigenvalue weighted by Gasteiger charge is 2.26. The average molecular weight is 305 g/mol. The number of thiocarbonyl (C=S) groups is 1. The van der Waals surface area contributed by atoms with E-state index in [1.807, 2.05) is 13.8 Å². The second-order valence-electron chi connectivity index (χ2n) is 4.21. The first-order valence-electron chi connectivity index (χ1n) is 5.38. The van der Waals surface area contributed by atoms with Gasteiger partial charge >= 0.3 is 0 Å². The van der Waals surface area contributed by atoms with Crippen molar-refractivity contribution in [2.45, 2.75) is 13.8 Å². The van der Waals surface area contributed by atoms with Gasteiger partial charge in [-0.1, -0.05) is 55.3 Å². The van der Waals surface area contributed by atoms with Crippen molar-refractivity contribution in [3.8, 4) is 0 Å². The van der Waals surface area contributed by atoms with Crippen LogP contribution in [0, 0.1) is 11.8 Å². The minimum absolute atomic E-state index is 0.00348. The van der Waals surface area contributed by atoms with Crippen molar-refractivity contribution in [2.24, 2.45) is 17.6 Å². The van der Waals surface area contributed by atoms with Gasteiger partial charge < -0.3 is 11.1 Å². The lowest BCUT2D eigenvalue weighted by molar-refractivity contribution is -0.118. The maximum absolute atomic E-state index is 12.1. The molecule has 0 radical (unpaired) electrons. The SMILES string of the molecule is CC(C)C(C(=O)Nc1c(Cl)cccc1Cl)C(N)=S. The molecule has 0 aromatic heterocycles. The Kier molecular flexibility index (Phi) is 5.38. The lowest BCUT2D eigenvalue weighted by Gasteiger charge is -2.19. The number of anilines is 1. The summed E-state index contributed by atoms with van der Waals surface area (Å²) in [7, 11) is 0. The van der Waals surface area contributed by atoms with Crippen LogP contribution in [-0.2, 0) is 4.79 Å². The first kappa shape index (κ1) is 15.2. The highest BCUT2D eigenvalue weighted by atomic mass is 35.5. The van der Waals surface area contributed by atoms with Gasteiger partial charge in [0.25, 0.3) is 0 Å². The fourth-order valence-electron chi connectivity index (χ4n) is 1.58. The van der Waals surface area contributed by atoms with Gasteiger partial charge in [0.15, 0.2) is 0 Å². The highest BCUT2D eigenvalue weighted by molar-refractivity contribution is 7.80. The molecule has 0 saturated carbocycles. The molecule has 18 heavy (non-hydrogen) atoms. The Morgan fingerprint density at radius 3 is 2.22 bits per heavy atom. The zero-order valence-corrected chi connectivity index (χ0v) is 12.4. The molecule has 1 aromatic rings. The van der Waals surface area contributed by atoms with Gasteiger partial charge in [-0.2, -0.15) is 0 Å². The molecule has 1 amide bonds. The van der Waals surface area contributed by atoms with E-state index in [1.54, 1.807) is 18.2 Å². The van der Waals surface area contributed by atoms with Crippen LogP contribution in [0.4, 0.5) is 5.69 Å². The summed E-state index contributed by atoms with van der Waals surface area (Å²) < 4.78 is 0. The Morgan fingerprint density at radius 2 is 1.83 bits per heavy atom. The molecular weight excluding hydrogens is 291 g/mol. The standard InChI is InChI=1S/C12H14Cl2N2OS/c1-6(2)9(11(15)18)12(17)16-10-7(13)4-3-5-8(10)14/h3-6,9H,1-2H3,(H2,15,18)(H,16,17). The fourth-order valence-corrected chi connectivity index (χ4v) is 2.45. The van der Waals surface area contributed by atoms with E-state index in [0.717, 1.165) is 0 Å². The molecule has 0 saturated heterocycles. The number of rotatable bonds is 4. The highest BCUT2D eigenvalue weighted by Crippen LogP contribution is 2.30. The number of nitrogens with two attached hydrogens (primary N) is 1. The molecule has 0 heterocycles. The summed E-state index contributed by atoms with van der Waals surface area (Å²) in [6, 6.07) is 5.00. The molecule has 1 aromatic carbocycles. The maximum Gasteiger partial charge on any atom is 0.234 e. The maximum atomic E-state index is 12.1. The number of benzene rings is 1. The predicted octanol–water partition coefficient (Wildman–Crippen LogP) is 3.49. The van der Waals surface area contributed by atoms with Crippen molar-refractivity contribution >= 4 is 52.0 Å². The summed E-state index contributed by atoms with van der Waals surface area (Å²) in [5, 5.41) is 3.42. The van der Waals surface area contributed by atoms with E-state index in [4.69, 9.17) is 41.2 Å². The summed E-state index contributed by atoms with van der Waals surface area (Å²) in [6.45, 7) is 3.75. The van der Waals surface area contributed by atoms with Gasteiger partial charge in [0.1, 0.15) is 0 Å². The topological polar surface area (TPSA) is 55.1 Å². The van der Waals surface area contributed by atoms with Crippen LogP contribution >= 0.6 is 35.4 Å². The van der Waals surface area contributed by atoms with Crippen LogP contribution < -0.4 is 11.1 Å². The van der Waals surface area contributed by atoms with Gasteiger partial charge in [0, 0.05) is 0 Å². The van der Waals surface area contributed by atoms with E-state index in [0.29, 0.717) is 15.7 Å². The van der Waals surface area contributed by atoms with Crippen molar-refractivity contribution in [1.29, 1.82) is 0 Å². The molecule has 1 unspecified atom stereocenters. The Balaban J connectivity index is 2.97. The lowest BCUT2D eigenvalue weighted by atomic mass is 9.95. The molecule has 6 heteroatoms. The third kappa shape index (κ3) is 3.57.